The number of ether oxygens (including phenoxy) is 1. The molecule has 38 heavy (non-hydrogen) atoms. The van der Waals surface area contributed by atoms with Crippen LogP contribution in [0.4, 0.5) is 0 Å². The van der Waals surface area contributed by atoms with Crippen molar-refractivity contribution >= 4 is 0 Å². The van der Waals surface area contributed by atoms with Gasteiger partial charge in [-0.2, -0.15) is 0 Å². The van der Waals surface area contributed by atoms with E-state index in [4.69, 9.17) is 4.74 Å². The molecule has 0 unspecified atom stereocenters. The molecule has 2 aliphatic rings. The second-order valence-corrected chi connectivity index (χ2v) is 11.6. The molecular formula is C34H45N3O. The van der Waals surface area contributed by atoms with Gasteiger partial charge in [-0.1, -0.05) is 60.7 Å². The summed E-state index contributed by atoms with van der Waals surface area (Å²) < 4.78 is 6.29. The quantitative estimate of drug-likeness (QED) is 0.314. The minimum atomic E-state index is 0.774. The lowest BCUT2D eigenvalue weighted by atomic mass is 9.93. The summed E-state index contributed by atoms with van der Waals surface area (Å²) >= 11 is 0. The maximum Gasteiger partial charge on any atom is 0.119 e. The molecule has 4 nitrogen and oxygen atoms in total. The summed E-state index contributed by atoms with van der Waals surface area (Å²) in [6.45, 7) is 8.48. The van der Waals surface area contributed by atoms with Crippen molar-refractivity contribution < 1.29 is 4.74 Å². The molecule has 0 aliphatic carbocycles. The van der Waals surface area contributed by atoms with Gasteiger partial charge in [0.1, 0.15) is 5.75 Å². The maximum atomic E-state index is 6.29. The first-order valence-electron chi connectivity index (χ1n) is 14.6. The second-order valence-electron chi connectivity index (χ2n) is 11.6. The first-order valence-corrected chi connectivity index (χ1v) is 14.6. The van der Waals surface area contributed by atoms with Crippen molar-refractivity contribution in [2.45, 2.75) is 58.3 Å². The summed E-state index contributed by atoms with van der Waals surface area (Å²) in [5.74, 6) is 1.82. The molecule has 0 saturated carbocycles. The topological polar surface area (TPSA) is 19.0 Å². The number of rotatable bonds is 10. The summed E-state index contributed by atoms with van der Waals surface area (Å²) in [5, 5.41) is 0. The molecule has 202 valence electrons. The molecule has 0 amide bonds. The van der Waals surface area contributed by atoms with Gasteiger partial charge in [-0.05, 0) is 112 Å². The molecule has 4 heteroatoms. The van der Waals surface area contributed by atoms with Crippen LogP contribution >= 0.6 is 0 Å². The van der Waals surface area contributed by atoms with E-state index in [1.807, 2.05) is 0 Å². The lowest BCUT2D eigenvalue weighted by Gasteiger charge is -2.32. The van der Waals surface area contributed by atoms with Gasteiger partial charge >= 0.3 is 0 Å². The molecule has 2 aliphatic heterocycles. The van der Waals surface area contributed by atoms with Crippen LogP contribution in [0.25, 0.3) is 0 Å². The van der Waals surface area contributed by atoms with E-state index in [1.165, 1.54) is 66.6 Å². The van der Waals surface area contributed by atoms with E-state index in [-0.39, 0.29) is 0 Å². The fraction of sp³-hybridized carbons (Fsp3) is 0.471. The van der Waals surface area contributed by atoms with Gasteiger partial charge < -0.3 is 9.64 Å². The van der Waals surface area contributed by atoms with Crippen LogP contribution in [0.2, 0.25) is 0 Å². The van der Waals surface area contributed by atoms with E-state index in [0.29, 0.717) is 0 Å². The minimum absolute atomic E-state index is 0.774. The Bertz CT molecular complexity index is 1120. The second kappa shape index (κ2) is 13.4. The van der Waals surface area contributed by atoms with Crippen LogP contribution in [-0.4, -0.2) is 55.0 Å². The Morgan fingerprint density at radius 3 is 2.24 bits per heavy atom. The number of aryl methyl sites for hydroxylation is 1. The summed E-state index contributed by atoms with van der Waals surface area (Å²) in [6, 6.07) is 26.8. The predicted octanol–water partition coefficient (Wildman–Crippen LogP) is 6.38. The Morgan fingerprint density at radius 1 is 0.763 bits per heavy atom. The van der Waals surface area contributed by atoms with Crippen molar-refractivity contribution in [3.05, 3.63) is 101 Å². The van der Waals surface area contributed by atoms with E-state index in [2.05, 4.69) is 102 Å². The highest BCUT2D eigenvalue weighted by molar-refractivity contribution is 5.36. The smallest absolute Gasteiger partial charge is 0.119 e. The normalized spacial score (nSPS) is 17.3. The molecule has 5 rings (SSSR count). The largest absolute Gasteiger partial charge is 0.494 e. The Labute approximate surface area is 230 Å². The number of likely N-dealkylation sites (tertiary alicyclic amines) is 1. The summed E-state index contributed by atoms with van der Waals surface area (Å²) in [5.41, 5.74) is 7.15. The lowest BCUT2D eigenvalue weighted by Crippen LogP contribution is -2.33. The highest BCUT2D eigenvalue weighted by atomic mass is 16.5. The minimum Gasteiger partial charge on any atom is -0.494 e. The van der Waals surface area contributed by atoms with Gasteiger partial charge in [-0.15, -0.1) is 0 Å². The van der Waals surface area contributed by atoms with Crippen molar-refractivity contribution in [1.82, 2.24) is 14.7 Å². The van der Waals surface area contributed by atoms with Gasteiger partial charge in [0.2, 0.25) is 0 Å². The molecule has 0 radical (unpaired) electrons. The van der Waals surface area contributed by atoms with Crippen LogP contribution in [0.1, 0.15) is 53.5 Å². The molecule has 3 aromatic carbocycles. The fourth-order valence-electron chi connectivity index (χ4n) is 6.02. The molecule has 3 aromatic rings. The first-order chi connectivity index (χ1) is 18.6. The standard InChI is InChI=1S/C34H45N3O/c1-35(2)24-30-10-12-31(13-11-30)25-36-20-16-28(17-21-36)18-22-38-34-15-14-32-9-6-19-37(27-33(32)23-34)26-29-7-4-3-5-8-29/h3-5,7-8,10-15,23,28H,6,9,16-22,24-27H2,1-2H3. The van der Waals surface area contributed by atoms with E-state index in [1.54, 1.807) is 0 Å². The SMILES string of the molecule is CN(C)Cc1ccc(CN2CCC(CCOc3ccc4c(c3)CN(Cc3ccccc3)CCC4)CC2)cc1. The number of fused-ring (bicyclic) bond motifs is 1. The van der Waals surface area contributed by atoms with Gasteiger partial charge in [0.05, 0.1) is 6.61 Å². The fourth-order valence-corrected chi connectivity index (χ4v) is 6.02. The zero-order chi connectivity index (χ0) is 26.2. The molecule has 0 aromatic heterocycles. The zero-order valence-electron chi connectivity index (χ0n) is 23.4. The van der Waals surface area contributed by atoms with E-state index >= 15 is 0 Å². The van der Waals surface area contributed by atoms with Crippen LogP contribution in [0.5, 0.6) is 5.75 Å². The molecule has 1 fully saturated rings. The van der Waals surface area contributed by atoms with Gasteiger partial charge in [0.15, 0.2) is 0 Å². The van der Waals surface area contributed by atoms with E-state index in [9.17, 15) is 0 Å². The van der Waals surface area contributed by atoms with Crippen molar-refractivity contribution in [2.75, 3.05) is 40.3 Å². The van der Waals surface area contributed by atoms with Crippen molar-refractivity contribution in [2.24, 2.45) is 5.92 Å². The van der Waals surface area contributed by atoms with Crippen molar-refractivity contribution in [3.63, 3.8) is 0 Å². The number of piperidine rings is 1. The number of hydrogen-bond acceptors (Lipinski definition) is 4. The molecule has 0 spiro atoms. The Balaban J connectivity index is 1.05. The van der Waals surface area contributed by atoms with Gasteiger partial charge in [-0.25, -0.2) is 0 Å². The van der Waals surface area contributed by atoms with Gasteiger partial charge in [-0.3, -0.25) is 9.80 Å². The van der Waals surface area contributed by atoms with Crippen LogP contribution in [0.15, 0.2) is 72.8 Å². The van der Waals surface area contributed by atoms with Crippen LogP contribution in [0, 0.1) is 5.92 Å². The zero-order valence-corrected chi connectivity index (χ0v) is 23.4. The molecule has 2 heterocycles. The molecule has 0 N–H and O–H groups in total. The lowest BCUT2D eigenvalue weighted by molar-refractivity contribution is 0.157. The third kappa shape index (κ3) is 7.92. The third-order valence-electron chi connectivity index (χ3n) is 8.17. The highest BCUT2D eigenvalue weighted by Gasteiger charge is 2.20. The predicted molar refractivity (Wildman–Crippen MR) is 157 cm³/mol. The van der Waals surface area contributed by atoms with E-state index < -0.39 is 0 Å². The Hall–Kier alpha value is -2.66. The van der Waals surface area contributed by atoms with Crippen LogP contribution in [-0.2, 0) is 32.6 Å². The third-order valence-corrected chi connectivity index (χ3v) is 8.17. The first kappa shape index (κ1) is 26.9. The summed E-state index contributed by atoms with van der Waals surface area (Å²) in [6.07, 6.45) is 6.10. The van der Waals surface area contributed by atoms with Crippen molar-refractivity contribution in [1.29, 1.82) is 0 Å². The Kier molecular flexibility index (Phi) is 9.51. The number of nitrogens with zero attached hydrogens (tertiary/aromatic N) is 3. The van der Waals surface area contributed by atoms with Crippen LogP contribution in [0.3, 0.4) is 0 Å². The monoisotopic (exact) mass is 511 g/mol. The van der Waals surface area contributed by atoms with Crippen molar-refractivity contribution in [3.8, 4) is 5.75 Å². The average Bonchev–Trinajstić information content (AvgIpc) is 3.12. The number of benzene rings is 3. The Morgan fingerprint density at radius 2 is 1.47 bits per heavy atom. The molecule has 0 bridgehead atoms. The highest BCUT2D eigenvalue weighted by Crippen LogP contribution is 2.26. The van der Waals surface area contributed by atoms with Gasteiger partial charge in [0, 0.05) is 26.2 Å². The molecule has 1 saturated heterocycles. The maximum absolute atomic E-state index is 6.29. The molecular weight excluding hydrogens is 466 g/mol. The summed E-state index contributed by atoms with van der Waals surface area (Å²) in [4.78, 5) is 7.42. The van der Waals surface area contributed by atoms with Gasteiger partial charge in [0.25, 0.3) is 0 Å². The average molecular weight is 512 g/mol. The van der Waals surface area contributed by atoms with Crippen LogP contribution < -0.4 is 4.74 Å². The van der Waals surface area contributed by atoms with E-state index in [0.717, 1.165) is 57.4 Å². The molecule has 0 atom stereocenters. The summed E-state index contributed by atoms with van der Waals surface area (Å²) in [7, 11) is 4.25. The number of hydrogen-bond donors (Lipinski definition) is 0.